The molecule has 0 bridgehead atoms. The van der Waals surface area contributed by atoms with Crippen LogP contribution < -0.4 is 11.1 Å². The molecule has 1 aliphatic carbocycles. The van der Waals surface area contributed by atoms with Gasteiger partial charge in [0.15, 0.2) is 0 Å². The average molecular weight is 222 g/mol. The van der Waals surface area contributed by atoms with Crippen molar-refractivity contribution in [2.75, 3.05) is 6.54 Å². The molecular weight excluding hydrogens is 196 g/mol. The fourth-order valence-electron chi connectivity index (χ4n) is 1.75. The van der Waals surface area contributed by atoms with E-state index in [0.717, 1.165) is 25.3 Å². The van der Waals surface area contributed by atoms with E-state index in [0.29, 0.717) is 0 Å². The number of nitrogens with one attached hydrogen (secondary N) is 1. The Kier molecular flexibility index (Phi) is 5.07. The van der Waals surface area contributed by atoms with Gasteiger partial charge in [0.2, 0.25) is 0 Å². The summed E-state index contributed by atoms with van der Waals surface area (Å²) in [5.41, 5.74) is 7.28. The second-order valence-electron chi connectivity index (χ2n) is 5.01. The van der Waals surface area contributed by atoms with Gasteiger partial charge in [0.1, 0.15) is 0 Å². The highest BCUT2D eigenvalue weighted by Gasteiger charge is 2.20. The van der Waals surface area contributed by atoms with Crippen LogP contribution in [0, 0.1) is 5.92 Å². The third-order valence-corrected chi connectivity index (χ3v) is 3.62. The van der Waals surface area contributed by atoms with Crippen molar-refractivity contribution in [2.45, 2.75) is 52.0 Å². The van der Waals surface area contributed by atoms with Crippen LogP contribution in [0.3, 0.4) is 0 Å². The molecule has 2 nitrogen and oxygen atoms in total. The molecule has 0 aliphatic heterocycles. The molecule has 0 aromatic heterocycles. The van der Waals surface area contributed by atoms with E-state index in [-0.39, 0.29) is 5.54 Å². The van der Waals surface area contributed by atoms with Crippen molar-refractivity contribution in [1.29, 1.82) is 0 Å². The maximum absolute atomic E-state index is 6.16. The smallest absolute Gasteiger partial charge is 0.0376 e. The first kappa shape index (κ1) is 13.3. The summed E-state index contributed by atoms with van der Waals surface area (Å²) in [5.74, 6) is 0.810. The minimum absolute atomic E-state index is 0.109. The lowest BCUT2D eigenvalue weighted by Gasteiger charge is -2.26. The minimum Gasteiger partial charge on any atom is -0.385 e. The molecule has 92 valence electrons. The van der Waals surface area contributed by atoms with Gasteiger partial charge in [-0.1, -0.05) is 39.3 Å². The van der Waals surface area contributed by atoms with Crippen LogP contribution in [-0.2, 0) is 0 Å². The molecule has 0 amide bonds. The molecular formula is C14H26N2. The first-order valence-electron chi connectivity index (χ1n) is 6.52. The monoisotopic (exact) mass is 222 g/mol. The van der Waals surface area contributed by atoms with Crippen molar-refractivity contribution >= 4 is 0 Å². The van der Waals surface area contributed by atoms with E-state index in [1.54, 1.807) is 0 Å². The van der Waals surface area contributed by atoms with Gasteiger partial charge in [-0.3, -0.25) is 0 Å². The number of rotatable bonds is 6. The SMILES string of the molecule is CCC(C)CCNC1=CCC(N)(CC)C=C1. The van der Waals surface area contributed by atoms with Gasteiger partial charge in [-0.15, -0.1) is 0 Å². The summed E-state index contributed by atoms with van der Waals surface area (Å²) in [6, 6.07) is 0. The predicted octanol–water partition coefficient (Wildman–Crippen LogP) is 2.96. The molecule has 0 spiro atoms. The first-order valence-corrected chi connectivity index (χ1v) is 6.52. The van der Waals surface area contributed by atoms with E-state index in [1.807, 2.05) is 0 Å². The van der Waals surface area contributed by atoms with Crippen LogP contribution in [-0.4, -0.2) is 12.1 Å². The van der Waals surface area contributed by atoms with Crippen LogP contribution in [0.25, 0.3) is 0 Å². The highest BCUT2D eigenvalue weighted by Crippen LogP contribution is 2.20. The lowest BCUT2D eigenvalue weighted by atomic mass is 9.89. The topological polar surface area (TPSA) is 38.0 Å². The Balaban J connectivity index is 2.29. The molecule has 0 heterocycles. The second kappa shape index (κ2) is 6.09. The van der Waals surface area contributed by atoms with Gasteiger partial charge >= 0.3 is 0 Å². The molecule has 0 saturated heterocycles. The fraction of sp³-hybridized carbons (Fsp3) is 0.714. The summed E-state index contributed by atoms with van der Waals surface area (Å²) in [7, 11) is 0. The van der Waals surface area contributed by atoms with E-state index in [4.69, 9.17) is 5.73 Å². The minimum atomic E-state index is -0.109. The van der Waals surface area contributed by atoms with E-state index in [1.165, 1.54) is 18.5 Å². The summed E-state index contributed by atoms with van der Waals surface area (Å²) in [5, 5.41) is 3.47. The molecule has 3 N–H and O–H groups in total. The molecule has 2 heteroatoms. The fourth-order valence-corrected chi connectivity index (χ4v) is 1.75. The Hall–Kier alpha value is -0.760. The van der Waals surface area contributed by atoms with Gasteiger partial charge in [0, 0.05) is 17.8 Å². The largest absolute Gasteiger partial charge is 0.385 e. The number of hydrogen-bond donors (Lipinski definition) is 2. The number of nitrogens with two attached hydrogens (primary N) is 1. The summed E-state index contributed by atoms with van der Waals surface area (Å²) in [6.45, 7) is 7.75. The Morgan fingerprint density at radius 1 is 1.50 bits per heavy atom. The van der Waals surface area contributed by atoms with Crippen LogP contribution in [0.5, 0.6) is 0 Å². The summed E-state index contributed by atoms with van der Waals surface area (Å²) in [6.07, 6.45) is 10.9. The lowest BCUT2D eigenvalue weighted by Crippen LogP contribution is -2.38. The van der Waals surface area contributed by atoms with Gasteiger partial charge in [0.25, 0.3) is 0 Å². The van der Waals surface area contributed by atoms with E-state index >= 15 is 0 Å². The maximum Gasteiger partial charge on any atom is 0.0376 e. The Morgan fingerprint density at radius 3 is 2.75 bits per heavy atom. The van der Waals surface area contributed by atoms with Crippen LogP contribution in [0.4, 0.5) is 0 Å². The zero-order valence-electron chi connectivity index (χ0n) is 10.9. The van der Waals surface area contributed by atoms with Gasteiger partial charge in [-0.25, -0.2) is 0 Å². The Morgan fingerprint density at radius 2 is 2.25 bits per heavy atom. The molecule has 1 rings (SSSR count). The van der Waals surface area contributed by atoms with E-state index in [9.17, 15) is 0 Å². The standard InChI is InChI=1S/C14H26N2/c1-4-12(3)8-11-16-13-6-9-14(15,5-2)10-7-13/h6-7,9,12,16H,4-5,8,10-11,15H2,1-3H3. The van der Waals surface area contributed by atoms with Gasteiger partial charge in [-0.05, 0) is 31.3 Å². The van der Waals surface area contributed by atoms with Crippen LogP contribution >= 0.6 is 0 Å². The molecule has 0 aromatic carbocycles. The highest BCUT2D eigenvalue weighted by atomic mass is 14.9. The normalized spacial score (nSPS) is 26.4. The van der Waals surface area contributed by atoms with Crippen LogP contribution in [0.1, 0.15) is 46.5 Å². The Labute approximate surface area is 100.0 Å². The van der Waals surface area contributed by atoms with Crippen molar-refractivity contribution in [3.05, 3.63) is 23.9 Å². The van der Waals surface area contributed by atoms with E-state index < -0.39 is 0 Å². The Bertz CT molecular complexity index is 268. The van der Waals surface area contributed by atoms with Gasteiger partial charge in [-0.2, -0.15) is 0 Å². The average Bonchev–Trinajstić information content (AvgIpc) is 2.31. The summed E-state index contributed by atoms with van der Waals surface area (Å²) >= 11 is 0. The van der Waals surface area contributed by atoms with Crippen molar-refractivity contribution < 1.29 is 0 Å². The molecule has 0 saturated carbocycles. The molecule has 16 heavy (non-hydrogen) atoms. The lowest BCUT2D eigenvalue weighted by molar-refractivity contribution is 0.493. The molecule has 0 fully saturated rings. The van der Waals surface area contributed by atoms with Crippen molar-refractivity contribution in [1.82, 2.24) is 5.32 Å². The maximum atomic E-state index is 6.16. The van der Waals surface area contributed by atoms with Gasteiger partial charge in [0.05, 0.1) is 0 Å². The first-order chi connectivity index (χ1) is 7.59. The quantitative estimate of drug-likeness (QED) is 0.725. The third-order valence-electron chi connectivity index (χ3n) is 3.62. The molecule has 1 aliphatic rings. The predicted molar refractivity (Wildman–Crippen MR) is 71.1 cm³/mol. The second-order valence-corrected chi connectivity index (χ2v) is 5.01. The molecule has 2 atom stereocenters. The molecule has 0 radical (unpaired) electrons. The van der Waals surface area contributed by atoms with Crippen molar-refractivity contribution in [3.8, 4) is 0 Å². The summed E-state index contributed by atoms with van der Waals surface area (Å²) < 4.78 is 0. The van der Waals surface area contributed by atoms with Crippen LogP contribution in [0.15, 0.2) is 23.9 Å². The third kappa shape index (κ3) is 4.01. The molecule has 2 unspecified atom stereocenters. The number of allylic oxidation sites excluding steroid dienone is 1. The highest BCUT2D eigenvalue weighted by molar-refractivity contribution is 5.27. The van der Waals surface area contributed by atoms with Crippen LogP contribution in [0.2, 0.25) is 0 Å². The van der Waals surface area contributed by atoms with Crippen molar-refractivity contribution in [2.24, 2.45) is 11.7 Å². The number of hydrogen-bond acceptors (Lipinski definition) is 2. The van der Waals surface area contributed by atoms with Crippen molar-refractivity contribution in [3.63, 3.8) is 0 Å². The van der Waals surface area contributed by atoms with Gasteiger partial charge < -0.3 is 11.1 Å². The zero-order valence-corrected chi connectivity index (χ0v) is 10.9. The zero-order chi connectivity index (χ0) is 12.0. The molecule has 0 aromatic rings. The summed E-state index contributed by atoms with van der Waals surface area (Å²) in [4.78, 5) is 0. The van der Waals surface area contributed by atoms with E-state index in [2.05, 4.69) is 44.3 Å².